The summed E-state index contributed by atoms with van der Waals surface area (Å²) in [6, 6.07) is 5.48. The molecule has 0 atom stereocenters. The van der Waals surface area contributed by atoms with Crippen molar-refractivity contribution < 1.29 is 4.74 Å². The topological polar surface area (TPSA) is 35.0 Å². The summed E-state index contributed by atoms with van der Waals surface area (Å²) in [7, 11) is 0. The van der Waals surface area contributed by atoms with Gasteiger partial charge in [-0.1, -0.05) is 30.1 Å². The molecule has 0 spiro atoms. The average Bonchev–Trinajstić information content (AvgIpc) is 2.40. The number of hydrogen-bond donors (Lipinski definition) is 0. The van der Waals surface area contributed by atoms with Gasteiger partial charge in [-0.3, -0.25) is 0 Å². The van der Waals surface area contributed by atoms with Crippen LogP contribution in [0.3, 0.4) is 0 Å². The van der Waals surface area contributed by atoms with Crippen molar-refractivity contribution in [1.82, 2.24) is 9.97 Å². The largest absolute Gasteiger partial charge is 0.439 e. The average molecular weight is 311 g/mol. The predicted octanol–water partition coefficient (Wildman–Crippen LogP) is 5.15. The second-order valence-corrected chi connectivity index (χ2v) is 5.39. The summed E-state index contributed by atoms with van der Waals surface area (Å²) in [6.07, 6.45) is 1.73. The normalized spacial score (nSPS) is 10.7. The zero-order valence-electron chi connectivity index (χ0n) is 11.7. The molecular formula is C15H16Cl2N2O. The standard InChI is InChI=1S/C15H16Cl2N2O/c1-4-5-13-18-14(17)10(3)15(19-13)20-11-6-7-12(16)9(2)8-11/h6-8H,4-5H2,1-3H3. The second-order valence-electron chi connectivity index (χ2n) is 4.62. The first-order valence-electron chi connectivity index (χ1n) is 6.48. The minimum absolute atomic E-state index is 0.434. The van der Waals surface area contributed by atoms with Gasteiger partial charge in [0.15, 0.2) is 0 Å². The van der Waals surface area contributed by atoms with Crippen molar-refractivity contribution in [3.05, 3.63) is 45.3 Å². The van der Waals surface area contributed by atoms with Crippen LogP contribution in [0.2, 0.25) is 10.2 Å². The number of aromatic nitrogens is 2. The van der Waals surface area contributed by atoms with Crippen molar-refractivity contribution in [3.63, 3.8) is 0 Å². The maximum atomic E-state index is 6.13. The van der Waals surface area contributed by atoms with Gasteiger partial charge in [-0.25, -0.2) is 4.98 Å². The molecule has 1 heterocycles. The number of rotatable bonds is 4. The fourth-order valence-corrected chi connectivity index (χ4v) is 2.03. The van der Waals surface area contributed by atoms with Crippen molar-refractivity contribution in [2.45, 2.75) is 33.6 Å². The van der Waals surface area contributed by atoms with Crippen LogP contribution >= 0.6 is 23.2 Å². The molecule has 5 heteroatoms. The molecule has 0 unspecified atom stereocenters. The van der Waals surface area contributed by atoms with Gasteiger partial charge in [-0.2, -0.15) is 4.98 Å². The fourth-order valence-electron chi connectivity index (χ4n) is 1.74. The summed E-state index contributed by atoms with van der Waals surface area (Å²) in [5, 5.41) is 1.14. The molecule has 0 N–H and O–H groups in total. The van der Waals surface area contributed by atoms with Crippen LogP contribution in [0.1, 0.15) is 30.3 Å². The van der Waals surface area contributed by atoms with E-state index in [0.29, 0.717) is 27.6 Å². The highest BCUT2D eigenvalue weighted by Gasteiger charge is 2.11. The monoisotopic (exact) mass is 310 g/mol. The third-order valence-corrected chi connectivity index (χ3v) is 3.70. The molecule has 0 aliphatic heterocycles. The molecule has 0 saturated heterocycles. The van der Waals surface area contributed by atoms with Crippen molar-refractivity contribution in [2.24, 2.45) is 0 Å². The smallest absolute Gasteiger partial charge is 0.226 e. The molecule has 3 nitrogen and oxygen atoms in total. The highest BCUT2D eigenvalue weighted by molar-refractivity contribution is 6.31. The summed E-state index contributed by atoms with van der Waals surface area (Å²) in [5.74, 6) is 1.88. The quantitative estimate of drug-likeness (QED) is 0.733. The summed E-state index contributed by atoms with van der Waals surface area (Å²) in [4.78, 5) is 8.67. The molecule has 1 aromatic carbocycles. The van der Waals surface area contributed by atoms with E-state index in [9.17, 15) is 0 Å². The van der Waals surface area contributed by atoms with Crippen LogP contribution in [0.5, 0.6) is 11.6 Å². The van der Waals surface area contributed by atoms with E-state index < -0.39 is 0 Å². The molecular weight excluding hydrogens is 295 g/mol. The van der Waals surface area contributed by atoms with Crippen LogP contribution in [0.15, 0.2) is 18.2 Å². The minimum atomic E-state index is 0.434. The Hall–Kier alpha value is -1.32. The summed E-state index contributed by atoms with van der Waals surface area (Å²) >= 11 is 12.1. The highest BCUT2D eigenvalue weighted by Crippen LogP contribution is 2.29. The Morgan fingerprint density at radius 1 is 1.15 bits per heavy atom. The van der Waals surface area contributed by atoms with E-state index in [1.54, 1.807) is 6.07 Å². The number of nitrogens with zero attached hydrogens (tertiary/aromatic N) is 2. The highest BCUT2D eigenvalue weighted by atomic mass is 35.5. The molecule has 0 saturated carbocycles. The molecule has 0 bridgehead atoms. The van der Waals surface area contributed by atoms with E-state index in [4.69, 9.17) is 27.9 Å². The lowest BCUT2D eigenvalue weighted by Crippen LogP contribution is -2.01. The second kappa shape index (κ2) is 6.42. The molecule has 106 valence electrons. The van der Waals surface area contributed by atoms with Crippen LogP contribution in [0, 0.1) is 13.8 Å². The Labute approximate surface area is 128 Å². The number of ether oxygens (including phenoxy) is 1. The van der Waals surface area contributed by atoms with E-state index in [2.05, 4.69) is 16.9 Å². The first-order chi connectivity index (χ1) is 9.51. The molecule has 0 radical (unpaired) electrons. The molecule has 2 rings (SSSR count). The lowest BCUT2D eigenvalue weighted by Gasteiger charge is -2.11. The van der Waals surface area contributed by atoms with Gasteiger partial charge in [-0.15, -0.1) is 0 Å². The summed E-state index contributed by atoms with van der Waals surface area (Å²) in [5.41, 5.74) is 1.69. The van der Waals surface area contributed by atoms with Crippen LogP contribution in [0.25, 0.3) is 0 Å². The lowest BCUT2D eigenvalue weighted by atomic mass is 10.2. The summed E-state index contributed by atoms with van der Waals surface area (Å²) < 4.78 is 5.82. The summed E-state index contributed by atoms with van der Waals surface area (Å²) in [6.45, 7) is 5.84. The molecule has 0 amide bonds. The van der Waals surface area contributed by atoms with Crippen LogP contribution in [-0.2, 0) is 6.42 Å². The van der Waals surface area contributed by atoms with Gasteiger partial charge in [0.2, 0.25) is 5.88 Å². The molecule has 0 fully saturated rings. The van der Waals surface area contributed by atoms with Crippen LogP contribution in [-0.4, -0.2) is 9.97 Å². The maximum Gasteiger partial charge on any atom is 0.226 e. The van der Waals surface area contributed by atoms with Crippen LogP contribution in [0.4, 0.5) is 0 Å². The Kier molecular flexibility index (Phi) is 4.84. The molecule has 20 heavy (non-hydrogen) atoms. The van der Waals surface area contributed by atoms with Crippen molar-refractivity contribution in [1.29, 1.82) is 0 Å². The zero-order chi connectivity index (χ0) is 14.7. The van der Waals surface area contributed by atoms with E-state index in [1.807, 2.05) is 26.0 Å². The predicted molar refractivity (Wildman–Crippen MR) is 82.0 cm³/mol. The van der Waals surface area contributed by atoms with Gasteiger partial charge in [0.25, 0.3) is 0 Å². The maximum absolute atomic E-state index is 6.13. The minimum Gasteiger partial charge on any atom is -0.439 e. The molecule has 1 aromatic heterocycles. The number of halogens is 2. The molecule has 0 aliphatic carbocycles. The van der Waals surface area contributed by atoms with Crippen LogP contribution < -0.4 is 4.74 Å². The van der Waals surface area contributed by atoms with E-state index in [-0.39, 0.29) is 0 Å². The first-order valence-corrected chi connectivity index (χ1v) is 7.24. The van der Waals surface area contributed by atoms with Crippen molar-refractivity contribution in [3.8, 4) is 11.6 Å². The number of hydrogen-bond acceptors (Lipinski definition) is 3. The first kappa shape index (κ1) is 15.1. The Morgan fingerprint density at radius 2 is 1.90 bits per heavy atom. The third-order valence-electron chi connectivity index (χ3n) is 2.91. The van der Waals surface area contributed by atoms with Crippen molar-refractivity contribution >= 4 is 23.2 Å². The Balaban J connectivity index is 2.34. The van der Waals surface area contributed by atoms with Gasteiger partial charge in [0.1, 0.15) is 16.7 Å². The van der Waals surface area contributed by atoms with E-state index >= 15 is 0 Å². The molecule has 0 aliphatic rings. The number of benzene rings is 1. The van der Waals surface area contributed by atoms with Gasteiger partial charge >= 0.3 is 0 Å². The van der Waals surface area contributed by atoms with Crippen molar-refractivity contribution in [2.75, 3.05) is 0 Å². The Morgan fingerprint density at radius 3 is 2.55 bits per heavy atom. The van der Waals surface area contributed by atoms with E-state index in [1.165, 1.54) is 0 Å². The lowest BCUT2D eigenvalue weighted by molar-refractivity contribution is 0.453. The molecule has 2 aromatic rings. The van der Waals surface area contributed by atoms with Gasteiger partial charge < -0.3 is 4.74 Å². The van der Waals surface area contributed by atoms with E-state index in [0.717, 1.165) is 24.0 Å². The van der Waals surface area contributed by atoms with Gasteiger partial charge in [0, 0.05) is 17.0 Å². The number of aryl methyl sites for hydroxylation is 2. The van der Waals surface area contributed by atoms with Gasteiger partial charge in [-0.05, 0) is 44.0 Å². The fraction of sp³-hybridized carbons (Fsp3) is 0.333. The SMILES string of the molecule is CCCc1nc(Cl)c(C)c(Oc2ccc(Cl)c(C)c2)n1. The van der Waals surface area contributed by atoms with Gasteiger partial charge in [0.05, 0.1) is 0 Å². The third kappa shape index (κ3) is 3.41. The Bertz CT molecular complexity index is 630. The zero-order valence-corrected chi connectivity index (χ0v) is 13.2.